The third-order valence-electron chi connectivity index (χ3n) is 5.91. The van der Waals surface area contributed by atoms with E-state index in [9.17, 15) is 4.79 Å². The Labute approximate surface area is 194 Å². The zero-order chi connectivity index (χ0) is 23.5. The second-order valence-electron chi connectivity index (χ2n) is 8.48. The molecule has 0 spiro atoms. The van der Waals surface area contributed by atoms with Gasteiger partial charge in [-0.3, -0.25) is 9.69 Å². The molecule has 0 aliphatic carbocycles. The lowest BCUT2D eigenvalue weighted by atomic mass is 10.1. The lowest BCUT2D eigenvalue weighted by Crippen LogP contribution is -2.32. The van der Waals surface area contributed by atoms with Crippen LogP contribution in [-0.4, -0.2) is 50.3 Å². The minimum atomic E-state index is -0.0505. The Kier molecular flexibility index (Phi) is 6.69. The Hall–Kier alpha value is -3.33. The molecule has 0 bridgehead atoms. The van der Waals surface area contributed by atoms with Gasteiger partial charge in [0.1, 0.15) is 23.7 Å². The first kappa shape index (κ1) is 22.8. The number of anilines is 2. The normalized spacial score (nSPS) is 13.2. The summed E-state index contributed by atoms with van der Waals surface area (Å²) < 4.78 is 1.99. The fourth-order valence-electron chi connectivity index (χ4n) is 4.35. The van der Waals surface area contributed by atoms with Gasteiger partial charge >= 0.3 is 0 Å². The van der Waals surface area contributed by atoms with Crippen molar-refractivity contribution in [1.82, 2.24) is 30.0 Å². The van der Waals surface area contributed by atoms with E-state index in [4.69, 9.17) is 9.97 Å². The minimum Gasteiger partial charge on any atom is -0.354 e. The molecule has 4 rings (SSSR count). The van der Waals surface area contributed by atoms with Crippen LogP contribution in [0.5, 0.6) is 0 Å². The average molecular weight is 449 g/mol. The quantitative estimate of drug-likeness (QED) is 0.537. The van der Waals surface area contributed by atoms with Crippen molar-refractivity contribution in [2.45, 2.75) is 59.8 Å². The molecule has 33 heavy (non-hydrogen) atoms. The molecule has 174 valence electrons. The molecular formula is C24H32N8O. The van der Waals surface area contributed by atoms with Crippen molar-refractivity contribution in [2.75, 3.05) is 23.4 Å². The van der Waals surface area contributed by atoms with Gasteiger partial charge in [0.15, 0.2) is 5.82 Å². The zero-order valence-electron chi connectivity index (χ0n) is 20.0. The number of pyridine rings is 2. The molecule has 0 saturated heterocycles. The minimum absolute atomic E-state index is 0.0505. The largest absolute Gasteiger partial charge is 0.354 e. The summed E-state index contributed by atoms with van der Waals surface area (Å²) in [6.07, 6.45) is 2.69. The first-order valence-electron chi connectivity index (χ1n) is 11.6. The van der Waals surface area contributed by atoms with Gasteiger partial charge in [0.25, 0.3) is 5.91 Å². The second-order valence-corrected chi connectivity index (χ2v) is 8.48. The smallest absolute Gasteiger partial charge is 0.260 e. The van der Waals surface area contributed by atoms with Crippen LogP contribution in [-0.2, 0) is 19.6 Å². The Morgan fingerprint density at radius 1 is 1.21 bits per heavy atom. The van der Waals surface area contributed by atoms with Gasteiger partial charge in [0.05, 0.1) is 17.8 Å². The number of aromatic nitrogens is 5. The molecule has 9 nitrogen and oxygen atoms in total. The lowest BCUT2D eigenvalue weighted by Gasteiger charge is -2.27. The summed E-state index contributed by atoms with van der Waals surface area (Å²) in [4.78, 5) is 27.2. The third kappa shape index (κ3) is 4.32. The summed E-state index contributed by atoms with van der Waals surface area (Å²) in [7, 11) is 1.90. The van der Waals surface area contributed by atoms with E-state index in [1.165, 1.54) is 0 Å². The van der Waals surface area contributed by atoms with Crippen LogP contribution in [0, 0.1) is 0 Å². The van der Waals surface area contributed by atoms with Crippen LogP contribution >= 0.6 is 0 Å². The number of rotatable bonds is 9. The van der Waals surface area contributed by atoms with E-state index in [0.717, 1.165) is 36.6 Å². The van der Waals surface area contributed by atoms with E-state index in [-0.39, 0.29) is 11.9 Å². The molecule has 9 heteroatoms. The van der Waals surface area contributed by atoms with Crippen LogP contribution in [0.3, 0.4) is 0 Å². The van der Waals surface area contributed by atoms with Crippen LogP contribution in [0.1, 0.15) is 55.7 Å². The highest BCUT2D eigenvalue weighted by atomic mass is 16.2. The number of aryl methyl sites for hydroxylation is 1. The standard InChI is InChI=1S/C24H32N8O/c1-6-11-30-15-26-29-23(30)19-9-8-10-21(27-19)32-14-18-17(24(32)33)12-22(28-20(18)13-25-5)31(7-2)16(3)4/h8-10,12,15-16,25H,6-7,11,13-14H2,1-5H3. The van der Waals surface area contributed by atoms with Crippen LogP contribution in [0.4, 0.5) is 11.6 Å². The summed E-state index contributed by atoms with van der Waals surface area (Å²) in [5.74, 6) is 2.10. The fraction of sp³-hybridized carbons (Fsp3) is 0.458. The summed E-state index contributed by atoms with van der Waals surface area (Å²) in [5, 5.41) is 11.5. The Morgan fingerprint density at radius 3 is 2.73 bits per heavy atom. The number of nitrogens with zero attached hydrogens (tertiary/aromatic N) is 7. The molecule has 1 amide bonds. The van der Waals surface area contributed by atoms with Crippen molar-refractivity contribution in [2.24, 2.45) is 0 Å². The number of carbonyl (C=O) groups is 1. The summed E-state index contributed by atoms with van der Waals surface area (Å²) in [6.45, 7) is 11.2. The number of fused-ring (bicyclic) bond motifs is 1. The summed E-state index contributed by atoms with van der Waals surface area (Å²) in [5.41, 5.74) is 3.26. The van der Waals surface area contributed by atoms with Crippen LogP contribution in [0.25, 0.3) is 11.5 Å². The van der Waals surface area contributed by atoms with Gasteiger partial charge in [0.2, 0.25) is 0 Å². The van der Waals surface area contributed by atoms with Gasteiger partial charge in [-0.25, -0.2) is 9.97 Å². The summed E-state index contributed by atoms with van der Waals surface area (Å²) in [6, 6.07) is 7.90. The van der Waals surface area contributed by atoms with Gasteiger partial charge in [-0.15, -0.1) is 10.2 Å². The molecule has 3 aromatic rings. The van der Waals surface area contributed by atoms with E-state index in [1.807, 2.05) is 35.9 Å². The number of hydrogen-bond acceptors (Lipinski definition) is 7. The topological polar surface area (TPSA) is 92.1 Å². The maximum absolute atomic E-state index is 13.5. The molecule has 0 saturated carbocycles. The highest BCUT2D eigenvalue weighted by Crippen LogP contribution is 2.32. The van der Waals surface area contributed by atoms with Crippen LogP contribution in [0.2, 0.25) is 0 Å². The molecule has 0 radical (unpaired) electrons. The van der Waals surface area contributed by atoms with Crippen LogP contribution < -0.4 is 15.1 Å². The van der Waals surface area contributed by atoms with Crippen molar-refractivity contribution < 1.29 is 4.79 Å². The average Bonchev–Trinajstić information content (AvgIpc) is 3.40. The Morgan fingerprint density at radius 2 is 2.03 bits per heavy atom. The highest BCUT2D eigenvalue weighted by Gasteiger charge is 2.33. The van der Waals surface area contributed by atoms with Crippen molar-refractivity contribution in [3.8, 4) is 11.5 Å². The van der Waals surface area contributed by atoms with E-state index < -0.39 is 0 Å². The van der Waals surface area contributed by atoms with Crippen molar-refractivity contribution in [3.63, 3.8) is 0 Å². The van der Waals surface area contributed by atoms with Gasteiger partial charge < -0.3 is 14.8 Å². The number of hydrogen-bond donors (Lipinski definition) is 1. The van der Waals surface area contributed by atoms with Gasteiger partial charge in [0, 0.05) is 31.2 Å². The number of amides is 1. The van der Waals surface area contributed by atoms with Crippen LogP contribution in [0.15, 0.2) is 30.6 Å². The highest BCUT2D eigenvalue weighted by molar-refractivity contribution is 6.10. The van der Waals surface area contributed by atoms with E-state index in [2.05, 4.69) is 48.1 Å². The Balaban J connectivity index is 1.71. The Bertz CT molecular complexity index is 1140. The molecule has 0 aromatic carbocycles. The van der Waals surface area contributed by atoms with E-state index in [0.29, 0.717) is 36.0 Å². The molecular weight excluding hydrogens is 416 g/mol. The molecule has 1 N–H and O–H groups in total. The molecule has 1 aliphatic heterocycles. The SMILES string of the molecule is CCCn1cnnc1-c1cccc(N2Cc3c(cc(N(CC)C(C)C)nc3CNC)C2=O)n1. The predicted octanol–water partition coefficient (Wildman–Crippen LogP) is 3.26. The maximum atomic E-state index is 13.5. The zero-order valence-corrected chi connectivity index (χ0v) is 20.0. The maximum Gasteiger partial charge on any atom is 0.260 e. The first-order valence-corrected chi connectivity index (χ1v) is 11.6. The van der Waals surface area contributed by atoms with Crippen molar-refractivity contribution in [1.29, 1.82) is 0 Å². The van der Waals surface area contributed by atoms with Gasteiger partial charge in [-0.2, -0.15) is 0 Å². The molecule has 1 aliphatic rings. The fourth-order valence-corrected chi connectivity index (χ4v) is 4.35. The lowest BCUT2D eigenvalue weighted by molar-refractivity contribution is 0.0996. The van der Waals surface area contributed by atoms with Gasteiger partial charge in [-0.05, 0) is 52.4 Å². The molecule has 0 atom stereocenters. The summed E-state index contributed by atoms with van der Waals surface area (Å²) >= 11 is 0. The predicted molar refractivity (Wildman–Crippen MR) is 129 cm³/mol. The monoisotopic (exact) mass is 448 g/mol. The molecule has 0 fully saturated rings. The third-order valence-corrected chi connectivity index (χ3v) is 5.91. The van der Waals surface area contributed by atoms with Crippen molar-refractivity contribution in [3.05, 3.63) is 47.4 Å². The van der Waals surface area contributed by atoms with Crippen molar-refractivity contribution >= 4 is 17.5 Å². The van der Waals surface area contributed by atoms with E-state index in [1.54, 1.807) is 11.2 Å². The van der Waals surface area contributed by atoms with E-state index >= 15 is 0 Å². The first-order chi connectivity index (χ1) is 16.0. The molecule has 0 unspecified atom stereocenters. The number of carbonyl (C=O) groups excluding carboxylic acids is 1. The molecule has 3 aromatic heterocycles. The second kappa shape index (κ2) is 9.66. The molecule has 4 heterocycles. The van der Waals surface area contributed by atoms with Gasteiger partial charge in [-0.1, -0.05) is 13.0 Å². The number of nitrogens with one attached hydrogen (secondary N) is 1.